The molecule has 1 aliphatic rings. The van der Waals surface area contributed by atoms with E-state index in [1.807, 2.05) is 26.0 Å². The van der Waals surface area contributed by atoms with Gasteiger partial charge >= 0.3 is 6.03 Å². The van der Waals surface area contributed by atoms with Crippen LogP contribution in [0.1, 0.15) is 30.5 Å². The summed E-state index contributed by atoms with van der Waals surface area (Å²) in [6, 6.07) is 12.2. The average molecular weight is 368 g/mol. The monoisotopic (exact) mass is 368 g/mol. The lowest BCUT2D eigenvalue weighted by Gasteiger charge is -2.28. The first-order valence-electron chi connectivity index (χ1n) is 9.52. The molecule has 2 heterocycles. The fourth-order valence-electron chi connectivity index (χ4n) is 3.14. The van der Waals surface area contributed by atoms with E-state index in [9.17, 15) is 4.79 Å². The van der Waals surface area contributed by atoms with Crippen LogP contribution in [-0.2, 0) is 19.5 Å². The molecule has 0 spiro atoms. The Balaban J connectivity index is 1.34. The number of urea groups is 1. The molecule has 2 aromatic rings. The Labute approximate surface area is 160 Å². The molecular formula is C21H28N4O2. The number of hydrogen-bond acceptors (Lipinski definition) is 4. The van der Waals surface area contributed by atoms with Crippen molar-refractivity contribution < 1.29 is 9.53 Å². The second-order valence-corrected chi connectivity index (χ2v) is 7.08. The maximum Gasteiger partial charge on any atom is 0.315 e. The number of fused-ring (bicyclic) bond motifs is 1. The molecule has 2 N–H and O–H groups in total. The Morgan fingerprint density at radius 1 is 1.19 bits per heavy atom. The number of hydrogen-bond donors (Lipinski definition) is 2. The topological polar surface area (TPSA) is 66.5 Å². The predicted octanol–water partition coefficient (Wildman–Crippen LogP) is 2.73. The van der Waals surface area contributed by atoms with Crippen LogP contribution in [-0.4, -0.2) is 41.7 Å². The maximum absolute atomic E-state index is 12.0. The van der Waals surface area contributed by atoms with Crippen molar-refractivity contribution in [2.75, 3.05) is 19.6 Å². The van der Waals surface area contributed by atoms with Crippen molar-refractivity contribution in [2.24, 2.45) is 0 Å². The fraction of sp³-hybridized carbons (Fsp3) is 0.429. The lowest BCUT2D eigenvalue weighted by Crippen LogP contribution is -2.41. The zero-order valence-electron chi connectivity index (χ0n) is 16.1. The molecule has 0 fully saturated rings. The summed E-state index contributed by atoms with van der Waals surface area (Å²) in [6.07, 6.45) is 2.90. The van der Waals surface area contributed by atoms with Gasteiger partial charge < -0.3 is 15.4 Å². The molecular weight excluding hydrogens is 340 g/mol. The Morgan fingerprint density at radius 3 is 2.74 bits per heavy atom. The van der Waals surface area contributed by atoms with Crippen LogP contribution in [0.5, 0.6) is 5.88 Å². The third-order valence-electron chi connectivity index (χ3n) is 4.53. The molecule has 6 nitrogen and oxygen atoms in total. The van der Waals surface area contributed by atoms with Crippen LogP contribution >= 0.6 is 0 Å². The summed E-state index contributed by atoms with van der Waals surface area (Å²) in [7, 11) is 0. The Bertz CT molecular complexity index is 746. The SMILES string of the molecule is CC(C)Oc1ccc(CNC(=O)NCCN2CCc3ccccc3C2)cn1. The van der Waals surface area contributed by atoms with E-state index in [1.54, 1.807) is 6.20 Å². The minimum Gasteiger partial charge on any atom is -0.475 e. The Morgan fingerprint density at radius 2 is 2.00 bits per heavy atom. The summed E-state index contributed by atoms with van der Waals surface area (Å²) >= 11 is 0. The minimum absolute atomic E-state index is 0.0978. The van der Waals surface area contributed by atoms with Crippen LogP contribution in [0.15, 0.2) is 42.6 Å². The Kier molecular flexibility index (Phi) is 6.65. The second kappa shape index (κ2) is 9.37. The van der Waals surface area contributed by atoms with Crippen LogP contribution < -0.4 is 15.4 Å². The van der Waals surface area contributed by atoms with E-state index in [0.29, 0.717) is 19.0 Å². The molecule has 2 amide bonds. The number of carbonyl (C=O) groups excluding carboxylic acids is 1. The summed E-state index contributed by atoms with van der Waals surface area (Å²) in [5.41, 5.74) is 3.78. The molecule has 1 aromatic carbocycles. The van der Waals surface area contributed by atoms with Gasteiger partial charge in [-0.15, -0.1) is 0 Å². The highest BCUT2D eigenvalue weighted by Crippen LogP contribution is 2.17. The number of benzene rings is 1. The Hall–Kier alpha value is -2.60. The molecule has 6 heteroatoms. The summed E-state index contributed by atoms with van der Waals surface area (Å²) in [5, 5.41) is 5.79. The van der Waals surface area contributed by atoms with Crippen molar-refractivity contribution >= 4 is 6.03 Å². The molecule has 0 atom stereocenters. The maximum atomic E-state index is 12.0. The van der Waals surface area contributed by atoms with Gasteiger partial charge in [0.2, 0.25) is 5.88 Å². The normalized spacial score (nSPS) is 13.9. The molecule has 3 rings (SSSR count). The van der Waals surface area contributed by atoms with Crippen LogP contribution in [0.4, 0.5) is 4.79 Å². The van der Waals surface area contributed by atoms with E-state index in [0.717, 1.165) is 31.6 Å². The molecule has 1 aliphatic heterocycles. The molecule has 0 unspecified atom stereocenters. The highest BCUT2D eigenvalue weighted by Gasteiger charge is 2.15. The number of rotatable bonds is 7. The average Bonchev–Trinajstić information content (AvgIpc) is 2.67. The number of carbonyl (C=O) groups is 1. The molecule has 0 saturated heterocycles. The standard InChI is InChI=1S/C21H28N4O2/c1-16(2)27-20-8-7-17(13-23-20)14-24-21(26)22-10-12-25-11-9-18-5-3-4-6-19(18)15-25/h3-8,13,16H,9-12,14-15H2,1-2H3,(H2,22,24,26). The molecule has 0 bridgehead atoms. The summed E-state index contributed by atoms with van der Waals surface area (Å²) in [6.45, 7) is 7.84. The zero-order chi connectivity index (χ0) is 19.1. The lowest BCUT2D eigenvalue weighted by molar-refractivity contribution is 0.230. The number of nitrogens with zero attached hydrogens (tertiary/aromatic N) is 2. The van der Waals surface area contributed by atoms with Crippen molar-refractivity contribution in [2.45, 2.75) is 39.5 Å². The van der Waals surface area contributed by atoms with E-state index < -0.39 is 0 Å². The van der Waals surface area contributed by atoms with Crippen LogP contribution in [0.2, 0.25) is 0 Å². The van der Waals surface area contributed by atoms with Gasteiger partial charge in [-0.3, -0.25) is 4.90 Å². The molecule has 1 aromatic heterocycles. The first-order chi connectivity index (χ1) is 13.1. The number of amides is 2. The van der Waals surface area contributed by atoms with Gasteiger partial charge in [0.15, 0.2) is 0 Å². The molecule has 0 saturated carbocycles. The fourth-order valence-corrected chi connectivity index (χ4v) is 3.14. The van der Waals surface area contributed by atoms with Gasteiger partial charge in [0.1, 0.15) is 0 Å². The van der Waals surface area contributed by atoms with E-state index in [2.05, 4.69) is 44.8 Å². The van der Waals surface area contributed by atoms with Gasteiger partial charge in [-0.05, 0) is 37.0 Å². The van der Waals surface area contributed by atoms with Gasteiger partial charge in [-0.1, -0.05) is 30.3 Å². The summed E-state index contributed by atoms with van der Waals surface area (Å²) in [5.74, 6) is 0.598. The number of aromatic nitrogens is 1. The molecule has 0 aliphatic carbocycles. The lowest BCUT2D eigenvalue weighted by atomic mass is 10.00. The van der Waals surface area contributed by atoms with Crippen molar-refractivity contribution in [3.8, 4) is 5.88 Å². The first kappa shape index (κ1) is 19.2. The van der Waals surface area contributed by atoms with E-state index in [4.69, 9.17) is 4.74 Å². The zero-order valence-corrected chi connectivity index (χ0v) is 16.1. The van der Waals surface area contributed by atoms with Crippen molar-refractivity contribution in [1.82, 2.24) is 20.5 Å². The van der Waals surface area contributed by atoms with Crippen molar-refractivity contribution in [3.05, 3.63) is 59.3 Å². The summed E-state index contributed by atoms with van der Waals surface area (Å²) in [4.78, 5) is 18.6. The van der Waals surface area contributed by atoms with Gasteiger partial charge in [0, 0.05) is 45.0 Å². The molecule has 0 radical (unpaired) electrons. The van der Waals surface area contributed by atoms with Crippen LogP contribution in [0.25, 0.3) is 0 Å². The quantitative estimate of drug-likeness (QED) is 0.789. The predicted molar refractivity (Wildman–Crippen MR) is 106 cm³/mol. The van der Waals surface area contributed by atoms with Crippen LogP contribution in [0.3, 0.4) is 0 Å². The largest absolute Gasteiger partial charge is 0.475 e. The van der Waals surface area contributed by atoms with Crippen LogP contribution in [0, 0.1) is 0 Å². The smallest absolute Gasteiger partial charge is 0.315 e. The number of ether oxygens (including phenoxy) is 1. The third-order valence-corrected chi connectivity index (χ3v) is 4.53. The number of pyridine rings is 1. The highest BCUT2D eigenvalue weighted by molar-refractivity contribution is 5.73. The van der Waals surface area contributed by atoms with Gasteiger partial charge in [-0.2, -0.15) is 0 Å². The van der Waals surface area contributed by atoms with Crippen molar-refractivity contribution in [3.63, 3.8) is 0 Å². The minimum atomic E-state index is -0.157. The molecule has 144 valence electrons. The third kappa shape index (κ3) is 5.96. The first-order valence-corrected chi connectivity index (χ1v) is 9.52. The van der Waals surface area contributed by atoms with E-state index in [1.165, 1.54) is 11.1 Å². The van der Waals surface area contributed by atoms with E-state index >= 15 is 0 Å². The van der Waals surface area contributed by atoms with Gasteiger partial charge in [-0.25, -0.2) is 9.78 Å². The van der Waals surface area contributed by atoms with Gasteiger partial charge in [0.25, 0.3) is 0 Å². The molecule has 27 heavy (non-hydrogen) atoms. The highest BCUT2D eigenvalue weighted by atomic mass is 16.5. The van der Waals surface area contributed by atoms with Crippen molar-refractivity contribution in [1.29, 1.82) is 0 Å². The van der Waals surface area contributed by atoms with E-state index in [-0.39, 0.29) is 12.1 Å². The second-order valence-electron chi connectivity index (χ2n) is 7.08. The van der Waals surface area contributed by atoms with Gasteiger partial charge in [0.05, 0.1) is 6.10 Å². The summed E-state index contributed by atoms with van der Waals surface area (Å²) < 4.78 is 5.51. The number of nitrogens with one attached hydrogen (secondary N) is 2.